The van der Waals surface area contributed by atoms with Crippen molar-refractivity contribution < 1.29 is 23.5 Å². The number of halogens is 3. The maximum absolute atomic E-state index is 16.0. The molecule has 2 aliphatic rings. The predicted molar refractivity (Wildman–Crippen MR) is 148 cm³/mol. The van der Waals surface area contributed by atoms with Crippen molar-refractivity contribution in [2.45, 2.75) is 39.3 Å². The number of aromatic hydroxyl groups is 1. The van der Waals surface area contributed by atoms with E-state index >= 15 is 4.39 Å². The molecule has 0 aliphatic carbocycles. The molecule has 1 saturated heterocycles. The number of pyridine rings is 1. The third kappa shape index (κ3) is 4.29. The summed E-state index contributed by atoms with van der Waals surface area (Å²) in [5, 5.41) is 10.5. The number of nitrogens with zero attached hydrogens (tertiary/aromatic N) is 4. The first-order chi connectivity index (χ1) is 18.4. The monoisotopic (exact) mass is 554 g/mol. The lowest BCUT2D eigenvalue weighted by Gasteiger charge is -2.50. The minimum absolute atomic E-state index is 0.0752. The van der Waals surface area contributed by atoms with E-state index in [1.807, 2.05) is 25.7 Å². The minimum atomic E-state index is -0.886. The molecule has 0 unspecified atom stereocenters. The van der Waals surface area contributed by atoms with Gasteiger partial charge in [-0.1, -0.05) is 38.1 Å². The molecule has 10 heteroatoms. The first-order valence-electron chi connectivity index (χ1n) is 12.7. The van der Waals surface area contributed by atoms with E-state index in [2.05, 4.69) is 11.6 Å². The number of carbonyl (C=O) groups is 2. The van der Waals surface area contributed by atoms with Gasteiger partial charge in [0.2, 0.25) is 5.91 Å². The summed E-state index contributed by atoms with van der Waals surface area (Å²) < 4.78 is 30.7. The molecule has 7 nitrogen and oxygen atoms in total. The maximum Gasteiger partial charge on any atom is 0.251 e. The molecule has 2 atom stereocenters. The van der Waals surface area contributed by atoms with E-state index in [0.717, 1.165) is 6.07 Å². The van der Waals surface area contributed by atoms with Gasteiger partial charge in [-0.25, -0.2) is 8.78 Å². The number of benzene rings is 2. The van der Waals surface area contributed by atoms with Gasteiger partial charge in [-0.3, -0.25) is 14.6 Å². The van der Waals surface area contributed by atoms with Crippen molar-refractivity contribution in [3.05, 3.63) is 59.3 Å². The highest BCUT2D eigenvalue weighted by Gasteiger charge is 2.45. The van der Waals surface area contributed by atoms with Crippen LogP contribution in [-0.4, -0.2) is 59.0 Å². The lowest BCUT2D eigenvalue weighted by Crippen LogP contribution is -2.65. The first-order valence-corrected chi connectivity index (χ1v) is 13.1. The van der Waals surface area contributed by atoms with Crippen LogP contribution in [0.25, 0.3) is 22.0 Å². The topological polar surface area (TPSA) is 77.0 Å². The number of rotatable bonds is 4. The van der Waals surface area contributed by atoms with Gasteiger partial charge in [0.15, 0.2) is 5.82 Å². The molecule has 1 aromatic heterocycles. The molecule has 2 amide bonds. The Kier molecular flexibility index (Phi) is 6.74. The number of fused-ring (bicyclic) bond motifs is 5. The van der Waals surface area contributed by atoms with Gasteiger partial charge in [-0.2, -0.15) is 0 Å². The van der Waals surface area contributed by atoms with Crippen LogP contribution in [0.3, 0.4) is 0 Å². The second-order valence-electron chi connectivity index (χ2n) is 10.6. The summed E-state index contributed by atoms with van der Waals surface area (Å²) in [5.74, 6) is -2.30. The number of phenols is 1. The number of carbonyl (C=O) groups excluding carboxylic acids is 2. The van der Waals surface area contributed by atoms with Crippen LogP contribution in [0.1, 0.15) is 27.2 Å². The van der Waals surface area contributed by atoms with Crippen LogP contribution in [0.5, 0.6) is 5.75 Å². The number of amides is 2. The molecule has 0 bridgehead atoms. The van der Waals surface area contributed by atoms with Gasteiger partial charge in [0, 0.05) is 36.2 Å². The Bertz CT molecular complexity index is 1520. The molecule has 0 radical (unpaired) electrons. The van der Waals surface area contributed by atoms with Gasteiger partial charge < -0.3 is 19.8 Å². The first kappa shape index (κ1) is 26.9. The van der Waals surface area contributed by atoms with Gasteiger partial charge in [0.05, 0.1) is 34.7 Å². The number of phenolic OH excluding ortho intramolecular Hbond substituents is 1. The molecule has 3 heterocycles. The quantitative estimate of drug-likeness (QED) is 0.430. The number of anilines is 2. The molecule has 3 aromatic rings. The largest absolute Gasteiger partial charge is 0.507 e. The SMILES string of the molecule is C=C(CC(C)C)C(=O)N1C[C@@H]2C(=O)N(C)c3cnc4c(F)c(-c5c(O)cccc5F)c(Cl)cc4c3N2C[C@H]1C. The Labute approximate surface area is 230 Å². The second kappa shape index (κ2) is 9.79. The highest BCUT2D eigenvalue weighted by atomic mass is 35.5. The summed E-state index contributed by atoms with van der Waals surface area (Å²) in [4.78, 5) is 36.0. The highest BCUT2D eigenvalue weighted by Crippen LogP contribution is 2.47. The average molecular weight is 555 g/mol. The molecule has 2 aliphatic heterocycles. The molecular formula is C29H29ClF2N4O3. The molecule has 1 fully saturated rings. The van der Waals surface area contributed by atoms with Gasteiger partial charge in [-0.05, 0) is 37.5 Å². The zero-order valence-corrected chi connectivity index (χ0v) is 22.9. The van der Waals surface area contributed by atoms with Crippen LogP contribution in [0.2, 0.25) is 5.02 Å². The van der Waals surface area contributed by atoms with Crippen molar-refractivity contribution in [1.82, 2.24) is 9.88 Å². The van der Waals surface area contributed by atoms with Gasteiger partial charge in [0.25, 0.3) is 5.91 Å². The Morgan fingerprint density at radius 1 is 1.26 bits per heavy atom. The second-order valence-corrected chi connectivity index (χ2v) is 11.1. The van der Waals surface area contributed by atoms with Crippen LogP contribution in [0.15, 0.2) is 42.6 Å². The number of hydrogen-bond acceptors (Lipinski definition) is 5. The van der Waals surface area contributed by atoms with Crippen LogP contribution < -0.4 is 9.80 Å². The number of likely N-dealkylation sites (N-methyl/N-ethyl adjacent to an activating group) is 1. The molecule has 0 spiro atoms. The van der Waals surface area contributed by atoms with E-state index in [9.17, 15) is 19.1 Å². The summed E-state index contributed by atoms with van der Waals surface area (Å²) >= 11 is 6.53. The molecular weight excluding hydrogens is 526 g/mol. The molecule has 0 saturated carbocycles. The zero-order valence-electron chi connectivity index (χ0n) is 22.1. The van der Waals surface area contributed by atoms with Crippen LogP contribution in [-0.2, 0) is 9.59 Å². The Balaban J connectivity index is 1.63. The molecule has 39 heavy (non-hydrogen) atoms. The molecule has 204 valence electrons. The Hall–Kier alpha value is -3.72. The van der Waals surface area contributed by atoms with Crippen molar-refractivity contribution in [3.63, 3.8) is 0 Å². The summed E-state index contributed by atoms with van der Waals surface area (Å²) in [6.07, 6.45) is 1.96. The minimum Gasteiger partial charge on any atom is -0.507 e. The van der Waals surface area contributed by atoms with Crippen molar-refractivity contribution in [1.29, 1.82) is 0 Å². The molecule has 5 rings (SSSR count). The van der Waals surface area contributed by atoms with Crippen LogP contribution >= 0.6 is 11.6 Å². The van der Waals surface area contributed by atoms with Gasteiger partial charge in [0.1, 0.15) is 23.1 Å². The standard InChI is InChI=1S/C29H29ClF2N4O3/c1-14(2)9-15(3)28(38)35-13-21-29(39)34(5)20-11-33-26-17(27(20)36(21)12-16(35)4)10-18(30)23(25(26)32)24-19(31)7-6-8-22(24)37/h6-8,10-11,14,16,21,37H,3,9,12-13H2,1-2,4-5H3/t16-,21-/m1/s1. The van der Waals surface area contributed by atoms with Gasteiger partial charge in [-0.15, -0.1) is 0 Å². The molecule has 1 N–H and O–H groups in total. The third-order valence-electron chi connectivity index (χ3n) is 7.47. The van der Waals surface area contributed by atoms with E-state index < -0.39 is 23.4 Å². The van der Waals surface area contributed by atoms with Crippen molar-refractivity contribution in [3.8, 4) is 16.9 Å². The fourth-order valence-corrected chi connectivity index (χ4v) is 5.91. The summed E-state index contributed by atoms with van der Waals surface area (Å²) in [7, 11) is 1.61. The highest BCUT2D eigenvalue weighted by molar-refractivity contribution is 6.34. The summed E-state index contributed by atoms with van der Waals surface area (Å²) in [6, 6.07) is 4.18. The smallest absolute Gasteiger partial charge is 0.251 e. The van der Waals surface area contributed by atoms with E-state index in [-0.39, 0.29) is 52.0 Å². The fourth-order valence-electron chi connectivity index (χ4n) is 5.62. The van der Waals surface area contributed by atoms with E-state index in [1.54, 1.807) is 11.9 Å². The number of aromatic nitrogens is 1. The van der Waals surface area contributed by atoms with Gasteiger partial charge >= 0.3 is 0 Å². The lowest BCUT2D eigenvalue weighted by molar-refractivity contribution is -0.132. The van der Waals surface area contributed by atoms with Crippen LogP contribution in [0.4, 0.5) is 20.2 Å². The summed E-state index contributed by atoms with van der Waals surface area (Å²) in [5.41, 5.74) is 0.794. The summed E-state index contributed by atoms with van der Waals surface area (Å²) in [6.45, 7) is 10.3. The maximum atomic E-state index is 16.0. The lowest BCUT2D eigenvalue weighted by atomic mass is 9.95. The Morgan fingerprint density at radius 3 is 2.64 bits per heavy atom. The van der Waals surface area contributed by atoms with E-state index in [4.69, 9.17) is 11.6 Å². The third-order valence-corrected chi connectivity index (χ3v) is 7.77. The number of hydrogen-bond donors (Lipinski definition) is 1. The van der Waals surface area contributed by atoms with Crippen molar-refractivity contribution in [2.75, 3.05) is 29.9 Å². The van der Waals surface area contributed by atoms with E-state index in [1.165, 1.54) is 29.3 Å². The fraction of sp³-hybridized carbons (Fsp3) is 0.345. The number of piperazine rings is 1. The normalized spacial score (nSPS) is 19.0. The van der Waals surface area contributed by atoms with Crippen molar-refractivity contribution in [2.24, 2.45) is 5.92 Å². The molecule has 2 aromatic carbocycles. The van der Waals surface area contributed by atoms with Crippen molar-refractivity contribution >= 4 is 45.7 Å². The van der Waals surface area contributed by atoms with E-state index in [0.29, 0.717) is 35.3 Å². The predicted octanol–water partition coefficient (Wildman–Crippen LogP) is 5.52. The Morgan fingerprint density at radius 2 is 1.97 bits per heavy atom. The zero-order chi connectivity index (χ0) is 28.3. The average Bonchev–Trinajstić information content (AvgIpc) is 2.87. The van der Waals surface area contributed by atoms with Crippen LogP contribution in [0, 0.1) is 17.6 Å².